The van der Waals surface area contributed by atoms with E-state index in [1.807, 2.05) is 0 Å². The second-order valence-electron chi connectivity index (χ2n) is 5.11. The molecule has 0 saturated heterocycles. The van der Waals surface area contributed by atoms with E-state index in [0.29, 0.717) is 10.1 Å². The number of ether oxygens (including phenoxy) is 1. The molecule has 0 saturated carbocycles. The van der Waals surface area contributed by atoms with Crippen molar-refractivity contribution in [2.24, 2.45) is 0 Å². The van der Waals surface area contributed by atoms with Crippen LogP contribution in [0, 0.1) is 6.92 Å². The molecule has 1 aromatic carbocycles. The molecular formula is C15H9F6N3O. The van der Waals surface area contributed by atoms with Gasteiger partial charge in [0.1, 0.15) is 5.75 Å². The first-order valence-electron chi connectivity index (χ1n) is 6.84. The number of fused-ring (bicyclic) bond motifs is 1. The fourth-order valence-corrected chi connectivity index (χ4v) is 2.29. The Morgan fingerprint density at radius 2 is 1.56 bits per heavy atom. The number of hydrogen-bond donors (Lipinski definition) is 0. The summed E-state index contributed by atoms with van der Waals surface area (Å²) in [4.78, 5) is 3.48. The van der Waals surface area contributed by atoms with Crippen LogP contribution in [0.1, 0.15) is 11.5 Å². The number of aromatic nitrogens is 3. The molecular weight excluding hydrogens is 352 g/mol. The Hall–Kier alpha value is -2.78. The number of nitrogens with zero attached hydrogens (tertiary/aromatic N) is 3. The van der Waals surface area contributed by atoms with Gasteiger partial charge in [0, 0.05) is 5.56 Å². The van der Waals surface area contributed by atoms with Gasteiger partial charge >= 0.3 is 12.5 Å². The summed E-state index contributed by atoms with van der Waals surface area (Å²) in [6.45, 7) is 1.43. The van der Waals surface area contributed by atoms with Gasteiger partial charge in [0.15, 0.2) is 0 Å². The van der Waals surface area contributed by atoms with E-state index in [0.717, 1.165) is 12.1 Å². The molecule has 3 aromatic rings. The van der Waals surface area contributed by atoms with E-state index >= 15 is 0 Å². The second-order valence-corrected chi connectivity index (χ2v) is 5.11. The van der Waals surface area contributed by atoms with Gasteiger partial charge in [0.25, 0.3) is 0 Å². The lowest BCUT2D eigenvalue weighted by atomic mass is 10.1. The van der Waals surface area contributed by atoms with Gasteiger partial charge in [0.05, 0.1) is 16.9 Å². The topological polar surface area (TPSA) is 39.4 Å². The number of rotatable bonds is 2. The van der Waals surface area contributed by atoms with Crippen molar-refractivity contribution in [1.82, 2.24) is 14.6 Å². The molecule has 0 amide bonds. The SMILES string of the molecule is Cc1nc(C(F)(F)F)n2nc(-c3ccc(OC(F)(F)F)cc3)ccc12. The Balaban J connectivity index is 2.02. The van der Waals surface area contributed by atoms with Gasteiger partial charge in [-0.25, -0.2) is 9.50 Å². The van der Waals surface area contributed by atoms with Crippen LogP contribution in [-0.2, 0) is 6.18 Å². The highest BCUT2D eigenvalue weighted by atomic mass is 19.4. The molecule has 4 nitrogen and oxygen atoms in total. The molecule has 0 aliphatic carbocycles. The summed E-state index contributed by atoms with van der Waals surface area (Å²) in [5.41, 5.74) is 0.832. The van der Waals surface area contributed by atoms with Crippen LogP contribution in [0.2, 0.25) is 0 Å². The minimum absolute atomic E-state index is 0.147. The molecule has 0 aliphatic rings. The van der Waals surface area contributed by atoms with Gasteiger partial charge in [-0.2, -0.15) is 18.3 Å². The lowest BCUT2D eigenvalue weighted by Crippen LogP contribution is -2.16. The fourth-order valence-electron chi connectivity index (χ4n) is 2.29. The van der Waals surface area contributed by atoms with Crippen LogP contribution in [0.5, 0.6) is 5.75 Å². The standard InChI is InChI=1S/C15H9F6N3O/c1-8-12-7-6-11(23-24(12)13(22-8)14(16,17)18)9-2-4-10(5-3-9)25-15(19,20)21/h2-7H,1H3. The van der Waals surface area contributed by atoms with Crippen LogP contribution < -0.4 is 4.74 Å². The number of hydrogen-bond acceptors (Lipinski definition) is 3. The molecule has 2 heterocycles. The maximum Gasteiger partial charge on any atom is 0.573 e. The number of alkyl halides is 6. The lowest BCUT2D eigenvalue weighted by molar-refractivity contribution is -0.274. The van der Waals surface area contributed by atoms with Gasteiger partial charge in [-0.05, 0) is 43.3 Å². The largest absolute Gasteiger partial charge is 0.573 e. The maximum atomic E-state index is 13.0. The predicted octanol–water partition coefficient (Wildman–Crippen LogP) is 4.62. The zero-order valence-corrected chi connectivity index (χ0v) is 12.5. The highest BCUT2D eigenvalue weighted by Gasteiger charge is 2.37. The normalized spacial score (nSPS) is 12.6. The molecule has 25 heavy (non-hydrogen) atoms. The second kappa shape index (κ2) is 5.64. The Bertz CT molecular complexity index is 912. The van der Waals surface area contributed by atoms with Crippen molar-refractivity contribution < 1.29 is 31.1 Å². The van der Waals surface area contributed by atoms with Gasteiger partial charge in [0.2, 0.25) is 5.82 Å². The van der Waals surface area contributed by atoms with Crippen molar-refractivity contribution in [1.29, 1.82) is 0 Å². The van der Waals surface area contributed by atoms with Crippen molar-refractivity contribution in [2.45, 2.75) is 19.5 Å². The van der Waals surface area contributed by atoms with Gasteiger partial charge < -0.3 is 4.74 Å². The summed E-state index contributed by atoms with van der Waals surface area (Å²) in [7, 11) is 0. The molecule has 0 N–H and O–H groups in total. The van der Waals surface area contributed by atoms with Crippen molar-refractivity contribution in [3.05, 3.63) is 47.9 Å². The highest BCUT2D eigenvalue weighted by molar-refractivity contribution is 5.63. The quantitative estimate of drug-likeness (QED) is 0.625. The molecule has 0 atom stereocenters. The van der Waals surface area contributed by atoms with Crippen molar-refractivity contribution >= 4 is 5.52 Å². The van der Waals surface area contributed by atoms with Crippen LogP contribution in [0.15, 0.2) is 36.4 Å². The fraction of sp³-hybridized carbons (Fsp3) is 0.200. The highest BCUT2D eigenvalue weighted by Crippen LogP contribution is 2.31. The minimum Gasteiger partial charge on any atom is -0.406 e. The Morgan fingerprint density at radius 3 is 2.12 bits per heavy atom. The molecule has 10 heteroatoms. The van der Waals surface area contributed by atoms with Gasteiger partial charge in [-0.1, -0.05) is 0 Å². The van der Waals surface area contributed by atoms with Crippen molar-refractivity contribution in [3.63, 3.8) is 0 Å². The minimum atomic E-state index is -4.82. The predicted molar refractivity (Wildman–Crippen MR) is 74.8 cm³/mol. The summed E-state index contributed by atoms with van der Waals surface area (Å²) in [5.74, 6) is -1.61. The zero-order chi connectivity index (χ0) is 18.4. The smallest absolute Gasteiger partial charge is 0.406 e. The van der Waals surface area contributed by atoms with E-state index in [-0.39, 0.29) is 16.9 Å². The zero-order valence-electron chi connectivity index (χ0n) is 12.5. The van der Waals surface area contributed by atoms with Crippen molar-refractivity contribution in [3.8, 4) is 17.0 Å². The maximum absolute atomic E-state index is 13.0. The van der Waals surface area contributed by atoms with E-state index in [2.05, 4.69) is 14.8 Å². The molecule has 0 unspecified atom stereocenters. The number of benzene rings is 1. The number of aryl methyl sites for hydroxylation is 1. The molecule has 0 aliphatic heterocycles. The van der Waals surface area contributed by atoms with Crippen LogP contribution in [0.25, 0.3) is 16.8 Å². The average Bonchev–Trinajstić information content (AvgIpc) is 2.83. The molecule has 132 valence electrons. The first-order chi connectivity index (χ1) is 11.5. The summed E-state index contributed by atoms with van der Waals surface area (Å²) in [5, 5.41) is 3.91. The summed E-state index contributed by atoms with van der Waals surface area (Å²) in [6.07, 6.45) is -9.51. The van der Waals surface area contributed by atoms with Gasteiger partial charge in [-0.3, -0.25) is 0 Å². The van der Waals surface area contributed by atoms with Crippen LogP contribution in [0.3, 0.4) is 0 Å². The summed E-state index contributed by atoms with van der Waals surface area (Å²) >= 11 is 0. The average molecular weight is 361 g/mol. The first-order valence-corrected chi connectivity index (χ1v) is 6.84. The van der Waals surface area contributed by atoms with E-state index in [1.165, 1.54) is 31.2 Å². The molecule has 0 radical (unpaired) electrons. The van der Waals surface area contributed by atoms with Crippen LogP contribution >= 0.6 is 0 Å². The molecule has 2 aromatic heterocycles. The third-order valence-corrected chi connectivity index (χ3v) is 3.32. The van der Waals surface area contributed by atoms with E-state index in [9.17, 15) is 26.3 Å². The Kier molecular flexibility index (Phi) is 3.85. The number of halogens is 6. The van der Waals surface area contributed by atoms with Gasteiger partial charge in [-0.15, -0.1) is 13.2 Å². The Morgan fingerprint density at radius 1 is 0.920 bits per heavy atom. The van der Waals surface area contributed by atoms with Crippen LogP contribution in [0.4, 0.5) is 26.3 Å². The third kappa shape index (κ3) is 3.52. The first kappa shape index (κ1) is 17.1. The summed E-state index contributed by atoms with van der Waals surface area (Å²) in [6, 6.07) is 7.53. The molecule has 3 rings (SSSR count). The molecule has 0 bridgehead atoms. The Labute approximate surface area is 136 Å². The lowest BCUT2D eigenvalue weighted by Gasteiger charge is -2.09. The monoisotopic (exact) mass is 361 g/mol. The number of imidazole rings is 1. The summed E-state index contributed by atoms with van der Waals surface area (Å²) < 4.78 is 79.9. The molecule has 0 fully saturated rings. The van der Waals surface area contributed by atoms with E-state index in [4.69, 9.17) is 0 Å². The third-order valence-electron chi connectivity index (χ3n) is 3.32. The van der Waals surface area contributed by atoms with E-state index in [1.54, 1.807) is 0 Å². The molecule has 0 spiro atoms. The van der Waals surface area contributed by atoms with E-state index < -0.39 is 24.1 Å². The van der Waals surface area contributed by atoms with Crippen molar-refractivity contribution in [2.75, 3.05) is 0 Å². The van der Waals surface area contributed by atoms with Crippen LogP contribution in [-0.4, -0.2) is 21.0 Å².